The van der Waals surface area contributed by atoms with E-state index in [1.165, 1.54) is 17.7 Å². The Morgan fingerprint density at radius 2 is 1.70 bits per heavy atom. The van der Waals surface area contributed by atoms with E-state index in [0.717, 1.165) is 12.8 Å². The van der Waals surface area contributed by atoms with Gasteiger partial charge in [0.1, 0.15) is 0 Å². The lowest BCUT2D eigenvalue weighted by atomic mass is 10.1. The first-order valence-corrected chi connectivity index (χ1v) is 7.36. The summed E-state index contributed by atoms with van der Waals surface area (Å²) in [6, 6.07) is 12.7. The molecule has 0 saturated carbocycles. The monoisotopic (exact) mass is 316 g/mol. The first-order chi connectivity index (χ1) is 11.1. The van der Waals surface area contributed by atoms with Crippen LogP contribution in [0.1, 0.15) is 24.0 Å². The number of hydrogen-bond acceptors (Lipinski definition) is 5. The van der Waals surface area contributed by atoms with Crippen molar-refractivity contribution in [2.45, 2.75) is 25.8 Å². The van der Waals surface area contributed by atoms with Crippen molar-refractivity contribution in [1.82, 2.24) is 10.9 Å². The van der Waals surface area contributed by atoms with Crippen LogP contribution in [0.4, 0.5) is 0 Å². The van der Waals surface area contributed by atoms with E-state index in [4.69, 9.17) is 0 Å². The summed E-state index contributed by atoms with van der Waals surface area (Å²) in [5, 5.41) is 28.3. The van der Waals surface area contributed by atoms with Crippen molar-refractivity contribution in [1.29, 1.82) is 0 Å². The summed E-state index contributed by atoms with van der Waals surface area (Å²) in [4.78, 5) is 11.7. The molecular formula is C17H20N2O4. The van der Waals surface area contributed by atoms with E-state index in [1.807, 2.05) is 30.3 Å². The van der Waals surface area contributed by atoms with Crippen molar-refractivity contribution in [2.24, 2.45) is 0 Å². The Labute approximate surface area is 134 Å². The van der Waals surface area contributed by atoms with E-state index < -0.39 is 17.2 Å². The largest absolute Gasteiger partial charge is 0.504 e. The average molecular weight is 316 g/mol. The fraction of sp³-hybridized carbons (Fsp3) is 0.235. The van der Waals surface area contributed by atoms with E-state index in [-0.39, 0.29) is 12.5 Å². The van der Waals surface area contributed by atoms with Crippen molar-refractivity contribution in [3.63, 3.8) is 0 Å². The van der Waals surface area contributed by atoms with Crippen LogP contribution in [0.3, 0.4) is 0 Å². The second-order valence-electron chi connectivity index (χ2n) is 5.18. The number of aryl methyl sites for hydroxylation is 1. The van der Waals surface area contributed by atoms with Gasteiger partial charge in [-0.15, -0.1) is 0 Å². The van der Waals surface area contributed by atoms with Crippen molar-refractivity contribution < 1.29 is 20.1 Å². The number of nitrogens with one attached hydrogen (secondary N) is 2. The Morgan fingerprint density at radius 3 is 2.43 bits per heavy atom. The molecule has 0 heterocycles. The van der Waals surface area contributed by atoms with Gasteiger partial charge in [0.25, 0.3) is 0 Å². The maximum Gasteiger partial charge on any atom is 0.234 e. The molecule has 0 saturated heterocycles. The van der Waals surface area contributed by atoms with Gasteiger partial charge >= 0.3 is 0 Å². The topological polar surface area (TPSA) is 102 Å². The minimum atomic E-state index is -0.571. The number of benzene rings is 2. The van der Waals surface area contributed by atoms with Gasteiger partial charge < -0.3 is 15.3 Å². The molecule has 23 heavy (non-hydrogen) atoms. The van der Waals surface area contributed by atoms with Gasteiger partial charge in [0, 0.05) is 18.5 Å². The van der Waals surface area contributed by atoms with Crippen molar-refractivity contribution in [2.75, 3.05) is 0 Å². The van der Waals surface area contributed by atoms with Crippen LogP contribution < -0.4 is 10.9 Å². The lowest BCUT2D eigenvalue weighted by Crippen LogP contribution is -2.36. The molecule has 5 N–H and O–H groups in total. The Hall–Kier alpha value is -2.73. The maximum atomic E-state index is 11.7. The van der Waals surface area contributed by atoms with Gasteiger partial charge in [0.05, 0.1) is 0 Å². The zero-order valence-electron chi connectivity index (χ0n) is 12.6. The standard InChI is InChI=1S/C17H20N2O4/c20-14-10-9-13(16(22)17(14)23)11-18-19-15(21)8-4-7-12-5-2-1-3-6-12/h1-3,5-6,9-10,18,20,22-23H,4,7-8,11H2,(H,19,21). The third-order valence-electron chi connectivity index (χ3n) is 3.43. The fourth-order valence-electron chi connectivity index (χ4n) is 2.15. The first kappa shape index (κ1) is 16.6. The smallest absolute Gasteiger partial charge is 0.234 e. The summed E-state index contributed by atoms with van der Waals surface area (Å²) >= 11 is 0. The molecular weight excluding hydrogens is 296 g/mol. The van der Waals surface area contributed by atoms with Gasteiger partial charge in [-0.1, -0.05) is 36.4 Å². The van der Waals surface area contributed by atoms with Crippen LogP contribution in [0.2, 0.25) is 0 Å². The van der Waals surface area contributed by atoms with E-state index in [2.05, 4.69) is 10.9 Å². The second-order valence-corrected chi connectivity index (χ2v) is 5.18. The molecule has 0 fully saturated rings. The van der Waals surface area contributed by atoms with Crippen molar-refractivity contribution in [3.05, 3.63) is 53.6 Å². The van der Waals surface area contributed by atoms with Gasteiger partial charge in [-0.2, -0.15) is 0 Å². The van der Waals surface area contributed by atoms with Crippen molar-refractivity contribution >= 4 is 5.91 Å². The minimum absolute atomic E-state index is 0.129. The highest BCUT2D eigenvalue weighted by Gasteiger charge is 2.10. The molecule has 2 aromatic rings. The summed E-state index contributed by atoms with van der Waals surface area (Å²) in [6.07, 6.45) is 1.96. The molecule has 0 aliphatic carbocycles. The molecule has 0 aromatic heterocycles. The molecule has 2 rings (SSSR count). The van der Waals surface area contributed by atoms with Crippen LogP contribution in [-0.4, -0.2) is 21.2 Å². The summed E-state index contributed by atoms with van der Waals surface area (Å²) in [6.45, 7) is 0.129. The highest BCUT2D eigenvalue weighted by molar-refractivity contribution is 5.75. The molecule has 0 aliphatic rings. The molecule has 0 atom stereocenters. The summed E-state index contributed by atoms with van der Waals surface area (Å²) in [7, 11) is 0. The Morgan fingerprint density at radius 1 is 0.957 bits per heavy atom. The van der Waals surface area contributed by atoms with E-state index in [9.17, 15) is 20.1 Å². The number of carbonyl (C=O) groups excluding carboxylic acids is 1. The molecule has 6 heteroatoms. The lowest BCUT2D eigenvalue weighted by Gasteiger charge is -2.10. The lowest BCUT2D eigenvalue weighted by molar-refractivity contribution is -0.122. The summed E-state index contributed by atoms with van der Waals surface area (Å²) in [5.41, 5.74) is 6.78. The van der Waals surface area contributed by atoms with E-state index >= 15 is 0 Å². The van der Waals surface area contributed by atoms with E-state index in [0.29, 0.717) is 12.0 Å². The molecule has 2 aromatic carbocycles. The summed E-state index contributed by atoms with van der Waals surface area (Å²) < 4.78 is 0. The highest BCUT2D eigenvalue weighted by atomic mass is 16.3. The van der Waals surface area contributed by atoms with Crippen molar-refractivity contribution in [3.8, 4) is 17.2 Å². The molecule has 6 nitrogen and oxygen atoms in total. The Bertz CT molecular complexity index is 659. The fourth-order valence-corrected chi connectivity index (χ4v) is 2.15. The number of rotatable bonds is 7. The van der Waals surface area contributed by atoms with Gasteiger partial charge in [0.15, 0.2) is 11.5 Å². The number of hydrogen-bond donors (Lipinski definition) is 5. The number of hydrazine groups is 1. The van der Waals surface area contributed by atoms with Gasteiger partial charge in [0.2, 0.25) is 11.7 Å². The van der Waals surface area contributed by atoms with Crippen LogP contribution in [0.5, 0.6) is 17.2 Å². The molecule has 0 radical (unpaired) electrons. The van der Waals surface area contributed by atoms with Gasteiger partial charge in [-0.05, 0) is 24.5 Å². The third kappa shape index (κ3) is 4.89. The van der Waals surface area contributed by atoms with Crippen LogP contribution >= 0.6 is 0 Å². The molecule has 122 valence electrons. The van der Waals surface area contributed by atoms with Gasteiger partial charge in [-0.25, -0.2) is 5.43 Å². The normalized spacial score (nSPS) is 10.4. The van der Waals surface area contributed by atoms with Crippen LogP contribution in [0, 0.1) is 0 Å². The summed E-state index contributed by atoms with van der Waals surface area (Å²) in [5.74, 6) is -1.52. The molecule has 0 aliphatic heterocycles. The third-order valence-corrected chi connectivity index (χ3v) is 3.43. The number of carbonyl (C=O) groups is 1. The van der Waals surface area contributed by atoms with Crippen LogP contribution in [0.25, 0.3) is 0 Å². The first-order valence-electron chi connectivity index (χ1n) is 7.36. The number of phenols is 3. The second kappa shape index (κ2) is 8.05. The van der Waals surface area contributed by atoms with E-state index in [1.54, 1.807) is 0 Å². The molecule has 1 amide bonds. The molecule has 0 bridgehead atoms. The van der Waals surface area contributed by atoms with Gasteiger partial charge in [-0.3, -0.25) is 10.2 Å². The number of phenolic OH excluding ortho intramolecular Hbond substituents is 3. The quantitative estimate of drug-likeness (QED) is 0.397. The highest BCUT2D eigenvalue weighted by Crippen LogP contribution is 2.36. The molecule has 0 unspecified atom stereocenters. The zero-order valence-corrected chi connectivity index (χ0v) is 12.6. The van der Waals surface area contributed by atoms with Crippen LogP contribution in [-0.2, 0) is 17.8 Å². The minimum Gasteiger partial charge on any atom is -0.504 e. The molecule has 0 spiro atoms. The predicted molar refractivity (Wildman–Crippen MR) is 85.8 cm³/mol. The maximum absolute atomic E-state index is 11.7. The SMILES string of the molecule is O=C(CCCc1ccccc1)NNCc1ccc(O)c(O)c1O. The Kier molecular flexibility index (Phi) is 5.82. The number of amides is 1. The predicted octanol–water partition coefficient (Wildman–Crippen LogP) is 1.95. The average Bonchev–Trinajstić information content (AvgIpc) is 2.56. The number of aromatic hydroxyl groups is 3. The zero-order chi connectivity index (χ0) is 16.7. The van der Waals surface area contributed by atoms with Crippen LogP contribution in [0.15, 0.2) is 42.5 Å². The Balaban J connectivity index is 1.70.